The first kappa shape index (κ1) is 18.3. The number of aliphatic hydroxyl groups excluding tert-OH is 1. The molecular formula is C19H19FN6OS. The number of aliphatic hydroxyl groups is 1. The molecule has 0 aliphatic carbocycles. The molecule has 0 unspecified atom stereocenters. The van der Waals surface area contributed by atoms with Crippen LogP contribution in [0.4, 0.5) is 16.2 Å². The number of rotatable bonds is 8. The Balaban J connectivity index is 1.66. The fourth-order valence-corrected chi connectivity index (χ4v) is 3.53. The highest BCUT2D eigenvalue weighted by Crippen LogP contribution is 2.24. The molecule has 0 saturated heterocycles. The van der Waals surface area contributed by atoms with E-state index in [0.717, 1.165) is 11.8 Å². The van der Waals surface area contributed by atoms with Crippen LogP contribution < -0.4 is 10.6 Å². The molecular weight excluding hydrogens is 379 g/mol. The first-order valence-corrected chi connectivity index (χ1v) is 9.75. The van der Waals surface area contributed by atoms with Crippen LogP contribution in [-0.4, -0.2) is 44.6 Å². The lowest BCUT2D eigenvalue weighted by molar-refractivity contribution is 0.311. The molecule has 0 fully saturated rings. The standard InChI is InChI=1S/C19H19FN6OS/c20-13-3-5-14(6-4-13)26-18-16(12-23-26)17(21-9-10-27)24-19(25-18)22-8-7-15-2-1-11-28-15/h1-6,11-12,27H,7-10H2,(H2,21,22,24,25). The maximum absolute atomic E-state index is 13.3. The third-order valence-corrected chi connectivity index (χ3v) is 5.07. The molecule has 0 spiro atoms. The zero-order valence-corrected chi connectivity index (χ0v) is 15.8. The molecule has 0 aliphatic heterocycles. The van der Waals surface area contributed by atoms with Crippen LogP contribution in [-0.2, 0) is 6.42 Å². The molecule has 3 aromatic heterocycles. The van der Waals surface area contributed by atoms with Crippen molar-refractivity contribution in [3.05, 3.63) is 58.7 Å². The molecule has 1 aromatic carbocycles. The molecule has 3 N–H and O–H groups in total. The van der Waals surface area contributed by atoms with Crippen LogP contribution in [0, 0.1) is 5.82 Å². The van der Waals surface area contributed by atoms with Crippen LogP contribution in [0.3, 0.4) is 0 Å². The Kier molecular flexibility index (Phi) is 5.45. The Labute approximate surface area is 164 Å². The first-order chi connectivity index (χ1) is 13.7. The van der Waals surface area contributed by atoms with E-state index in [4.69, 9.17) is 5.11 Å². The average Bonchev–Trinajstić information content (AvgIpc) is 3.37. The fraction of sp³-hybridized carbons (Fsp3) is 0.211. The molecule has 4 aromatic rings. The molecule has 7 nitrogen and oxygen atoms in total. The zero-order valence-electron chi connectivity index (χ0n) is 15.0. The van der Waals surface area contributed by atoms with Gasteiger partial charge in [0.25, 0.3) is 0 Å². The van der Waals surface area contributed by atoms with E-state index in [-0.39, 0.29) is 12.4 Å². The van der Waals surface area contributed by atoms with Gasteiger partial charge in [-0.1, -0.05) is 6.07 Å². The number of halogens is 1. The average molecular weight is 398 g/mol. The van der Waals surface area contributed by atoms with Gasteiger partial charge in [-0.3, -0.25) is 0 Å². The van der Waals surface area contributed by atoms with E-state index in [1.54, 1.807) is 34.3 Å². The fourth-order valence-electron chi connectivity index (χ4n) is 2.82. The second kappa shape index (κ2) is 8.32. The normalized spacial score (nSPS) is 11.1. The maximum Gasteiger partial charge on any atom is 0.226 e. The Morgan fingerprint density at radius 2 is 1.93 bits per heavy atom. The number of anilines is 2. The summed E-state index contributed by atoms with van der Waals surface area (Å²) in [7, 11) is 0. The van der Waals surface area contributed by atoms with Gasteiger partial charge in [-0.2, -0.15) is 15.1 Å². The summed E-state index contributed by atoms with van der Waals surface area (Å²) in [5, 5.41) is 22.7. The lowest BCUT2D eigenvalue weighted by Crippen LogP contribution is -2.12. The largest absolute Gasteiger partial charge is 0.395 e. The highest BCUT2D eigenvalue weighted by Gasteiger charge is 2.14. The lowest BCUT2D eigenvalue weighted by atomic mass is 10.3. The number of thiophene rings is 1. The Bertz CT molecular complexity index is 1050. The van der Waals surface area contributed by atoms with E-state index < -0.39 is 0 Å². The summed E-state index contributed by atoms with van der Waals surface area (Å²) in [4.78, 5) is 10.4. The third kappa shape index (κ3) is 3.95. The van der Waals surface area contributed by atoms with Crippen molar-refractivity contribution < 1.29 is 9.50 Å². The van der Waals surface area contributed by atoms with Crippen molar-refractivity contribution in [2.24, 2.45) is 0 Å². The summed E-state index contributed by atoms with van der Waals surface area (Å²) in [6.45, 7) is 1.04. The minimum absolute atomic E-state index is 0.0151. The number of hydrogen-bond acceptors (Lipinski definition) is 7. The van der Waals surface area contributed by atoms with Crippen LogP contribution in [0.5, 0.6) is 0 Å². The van der Waals surface area contributed by atoms with Gasteiger partial charge in [-0.15, -0.1) is 11.3 Å². The quantitative estimate of drug-likeness (QED) is 0.423. The van der Waals surface area contributed by atoms with Crippen LogP contribution in [0.2, 0.25) is 0 Å². The highest BCUT2D eigenvalue weighted by atomic mass is 32.1. The summed E-state index contributed by atoms with van der Waals surface area (Å²) in [5.74, 6) is 0.746. The predicted molar refractivity (Wildman–Crippen MR) is 109 cm³/mol. The van der Waals surface area contributed by atoms with Crippen LogP contribution in [0.15, 0.2) is 48.0 Å². The van der Waals surface area contributed by atoms with E-state index in [1.165, 1.54) is 17.0 Å². The second-order valence-electron chi connectivity index (χ2n) is 6.07. The molecule has 0 aliphatic rings. The summed E-state index contributed by atoms with van der Waals surface area (Å²) in [6.07, 6.45) is 2.53. The second-order valence-corrected chi connectivity index (χ2v) is 7.10. The molecule has 4 rings (SSSR count). The van der Waals surface area contributed by atoms with E-state index in [2.05, 4.69) is 37.1 Å². The van der Waals surface area contributed by atoms with Crippen LogP contribution in [0.1, 0.15) is 4.88 Å². The molecule has 0 radical (unpaired) electrons. The molecule has 9 heteroatoms. The van der Waals surface area contributed by atoms with Crippen molar-refractivity contribution >= 4 is 34.1 Å². The monoisotopic (exact) mass is 398 g/mol. The smallest absolute Gasteiger partial charge is 0.226 e. The summed E-state index contributed by atoms with van der Waals surface area (Å²) in [5.41, 5.74) is 1.30. The molecule has 0 saturated carbocycles. The van der Waals surface area contributed by atoms with E-state index in [9.17, 15) is 4.39 Å². The van der Waals surface area contributed by atoms with Gasteiger partial charge in [0.1, 0.15) is 11.6 Å². The van der Waals surface area contributed by atoms with Crippen molar-refractivity contribution in [3.63, 3.8) is 0 Å². The summed E-state index contributed by atoms with van der Waals surface area (Å²) < 4.78 is 14.9. The Hall–Kier alpha value is -3.04. The predicted octanol–water partition coefficient (Wildman–Crippen LogP) is 3.07. The van der Waals surface area contributed by atoms with E-state index >= 15 is 0 Å². The maximum atomic E-state index is 13.3. The van der Waals surface area contributed by atoms with Gasteiger partial charge in [0.15, 0.2) is 5.65 Å². The van der Waals surface area contributed by atoms with Gasteiger partial charge < -0.3 is 15.7 Å². The lowest BCUT2D eigenvalue weighted by Gasteiger charge is -2.10. The molecule has 28 heavy (non-hydrogen) atoms. The van der Waals surface area contributed by atoms with Gasteiger partial charge in [0, 0.05) is 18.0 Å². The molecule has 3 heterocycles. The van der Waals surface area contributed by atoms with Gasteiger partial charge in [0.05, 0.1) is 23.9 Å². The molecule has 0 bridgehead atoms. The van der Waals surface area contributed by atoms with E-state index in [0.29, 0.717) is 36.2 Å². The van der Waals surface area contributed by atoms with Crippen molar-refractivity contribution in [3.8, 4) is 5.69 Å². The zero-order chi connectivity index (χ0) is 19.3. The minimum atomic E-state index is -0.309. The van der Waals surface area contributed by atoms with Crippen LogP contribution in [0.25, 0.3) is 16.7 Å². The summed E-state index contributed by atoms with van der Waals surface area (Å²) in [6, 6.07) is 10.2. The van der Waals surface area contributed by atoms with Crippen molar-refractivity contribution in [1.29, 1.82) is 0 Å². The van der Waals surface area contributed by atoms with Gasteiger partial charge in [-0.05, 0) is 42.1 Å². The Morgan fingerprint density at radius 3 is 2.68 bits per heavy atom. The van der Waals surface area contributed by atoms with Gasteiger partial charge >= 0.3 is 0 Å². The SMILES string of the molecule is OCCNc1nc(NCCc2cccs2)nc2c1cnn2-c1ccc(F)cc1. The van der Waals surface area contributed by atoms with Gasteiger partial charge in [0.2, 0.25) is 5.95 Å². The molecule has 0 atom stereocenters. The highest BCUT2D eigenvalue weighted by molar-refractivity contribution is 7.09. The third-order valence-electron chi connectivity index (χ3n) is 4.14. The number of nitrogens with one attached hydrogen (secondary N) is 2. The van der Waals surface area contributed by atoms with Crippen molar-refractivity contribution in [1.82, 2.24) is 19.7 Å². The van der Waals surface area contributed by atoms with Crippen molar-refractivity contribution in [2.75, 3.05) is 30.3 Å². The van der Waals surface area contributed by atoms with Gasteiger partial charge in [-0.25, -0.2) is 9.07 Å². The molecule has 144 valence electrons. The Morgan fingerprint density at radius 1 is 1.07 bits per heavy atom. The van der Waals surface area contributed by atoms with E-state index in [1.807, 2.05) is 6.07 Å². The first-order valence-electron chi connectivity index (χ1n) is 8.87. The number of benzene rings is 1. The summed E-state index contributed by atoms with van der Waals surface area (Å²) >= 11 is 1.71. The topological polar surface area (TPSA) is 87.9 Å². The number of fused-ring (bicyclic) bond motifs is 1. The number of nitrogens with zero attached hydrogens (tertiary/aromatic N) is 4. The minimum Gasteiger partial charge on any atom is -0.395 e. The van der Waals surface area contributed by atoms with Crippen molar-refractivity contribution in [2.45, 2.75) is 6.42 Å². The van der Waals surface area contributed by atoms with Crippen LogP contribution >= 0.6 is 11.3 Å². The number of hydrogen-bond donors (Lipinski definition) is 3. The number of aromatic nitrogens is 4. The molecule has 0 amide bonds.